The summed E-state index contributed by atoms with van der Waals surface area (Å²) in [7, 11) is 0. The second kappa shape index (κ2) is 5.77. The van der Waals surface area contributed by atoms with Crippen molar-refractivity contribution in [3.8, 4) is 0 Å². The van der Waals surface area contributed by atoms with Crippen LogP contribution < -0.4 is 10.2 Å². The van der Waals surface area contributed by atoms with E-state index < -0.39 is 0 Å². The van der Waals surface area contributed by atoms with E-state index in [1.165, 1.54) is 0 Å². The van der Waals surface area contributed by atoms with Crippen LogP contribution >= 0.6 is 0 Å². The Morgan fingerprint density at radius 1 is 1.56 bits per heavy atom. The molecule has 1 unspecified atom stereocenters. The zero-order valence-electron chi connectivity index (χ0n) is 10.7. The van der Waals surface area contributed by atoms with Gasteiger partial charge in [0.2, 0.25) is 0 Å². The number of aromatic nitrogens is 2. The molecule has 0 amide bonds. The van der Waals surface area contributed by atoms with Gasteiger partial charge in [-0.1, -0.05) is 0 Å². The minimum Gasteiger partial charge on any atom is -0.464 e. The lowest BCUT2D eigenvalue weighted by molar-refractivity contribution is -0.144. The minimum atomic E-state index is -0.323. The molecule has 0 spiro atoms. The summed E-state index contributed by atoms with van der Waals surface area (Å²) in [6.07, 6.45) is 0. The summed E-state index contributed by atoms with van der Waals surface area (Å²) < 4.78 is 5.09. The summed E-state index contributed by atoms with van der Waals surface area (Å²) in [5.41, 5.74) is 0.863. The van der Waals surface area contributed by atoms with Crippen LogP contribution in [-0.4, -0.2) is 48.4 Å². The highest BCUT2D eigenvalue weighted by molar-refractivity contribution is 5.80. The number of piperazine rings is 1. The van der Waals surface area contributed by atoms with Crippen molar-refractivity contribution in [2.75, 3.05) is 31.1 Å². The van der Waals surface area contributed by atoms with Crippen molar-refractivity contribution in [3.05, 3.63) is 17.8 Å². The third kappa shape index (κ3) is 2.76. The normalized spacial score (nSPS) is 19.7. The standard InChI is InChI=1S/C12H18N4O2/c1-3-18-12(17)10-8-13-6-7-16(10)11-5-4-9(2)14-15-11/h4-5,10,13H,3,6-8H2,1-2H3. The predicted octanol–water partition coefficient (Wildman–Crippen LogP) is 0.126. The largest absolute Gasteiger partial charge is 0.464 e. The molecule has 6 nitrogen and oxygen atoms in total. The molecule has 2 heterocycles. The molecule has 1 fully saturated rings. The Hall–Kier alpha value is -1.69. The maximum atomic E-state index is 11.9. The number of hydrogen-bond donors (Lipinski definition) is 1. The van der Waals surface area contributed by atoms with E-state index >= 15 is 0 Å². The van der Waals surface area contributed by atoms with E-state index in [9.17, 15) is 4.79 Å². The van der Waals surface area contributed by atoms with Crippen LogP contribution in [0.1, 0.15) is 12.6 Å². The van der Waals surface area contributed by atoms with E-state index in [0.29, 0.717) is 13.2 Å². The molecule has 1 N–H and O–H groups in total. The van der Waals surface area contributed by atoms with Gasteiger partial charge in [-0.15, -0.1) is 5.10 Å². The molecule has 2 rings (SSSR count). The highest BCUT2D eigenvalue weighted by atomic mass is 16.5. The summed E-state index contributed by atoms with van der Waals surface area (Å²) in [4.78, 5) is 13.8. The number of carbonyl (C=O) groups is 1. The highest BCUT2D eigenvalue weighted by Crippen LogP contribution is 2.15. The summed E-state index contributed by atoms with van der Waals surface area (Å²) in [5.74, 6) is 0.507. The van der Waals surface area contributed by atoms with Gasteiger partial charge in [-0.05, 0) is 26.0 Å². The molecule has 1 aromatic heterocycles. The molecule has 0 aliphatic carbocycles. The monoisotopic (exact) mass is 250 g/mol. The number of aryl methyl sites for hydroxylation is 1. The first-order valence-corrected chi connectivity index (χ1v) is 6.16. The third-order valence-corrected chi connectivity index (χ3v) is 2.88. The van der Waals surface area contributed by atoms with Crippen LogP contribution in [-0.2, 0) is 9.53 Å². The predicted molar refractivity (Wildman–Crippen MR) is 67.4 cm³/mol. The molecule has 0 radical (unpaired) electrons. The fraction of sp³-hybridized carbons (Fsp3) is 0.583. The van der Waals surface area contributed by atoms with Crippen LogP contribution in [0, 0.1) is 6.92 Å². The zero-order chi connectivity index (χ0) is 13.0. The maximum Gasteiger partial charge on any atom is 0.330 e. The molecule has 0 bridgehead atoms. The van der Waals surface area contributed by atoms with Gasteiger partial charge in [0, 0.05) is 19.6 Å². The van der Waals surface area contributed by atoms with E-state index in [-0.39, 0.29) is 12.0 Å². The van der Waals surface area contributed by atoms with E-state index in [4.69, 9.17) is 4.74 Å². The molecule has 1 aliphatic rings. The number of esters is 1. The van der Waals surface area contributed by atoms with Crippen molar-refractivity contribution in [2.24, 2.45) is 0 Å². The van der Waals surface area contributed by atoms with Gasteiger partial charge in [-0.2, -0.15) is 5.10 Å². The van der Waals surface area contributed by atoms with Crippen molar-refractivity contribution in [1.82, 2.24) is 15.5 Å². The van der Waals surface area contributed by atoms with Gasteiger partial charge in [0.25, 0.3) is 0 Å². The van der Waals surface area contributed by atoms with Gasteiger partial charge in [0.05, 0.1) is 12.3 Å². The lowest BCUT2D eigenvalue weighted by atomic mass is 10.2. The molecular weight excluding hydrogens is 232 g/mol. The molecule has 98 valence electrons. The molecule has 1 saturated heterocycles. The van der Waals surface area contributed by atoms with E-state index in [2.05, 4.69) is 15.5 Å². The molecule has 0 aromatic carbocycles. The first-order valence-electron chi connectivity index (χ1n) is 6.16. The molecule has 0 saturated carbocycles. The van der Waals surface area contributed by atoms with Crippen molar-refractivity contribution < 1.29 is 9.53 Å². The molecular formula is C12H18N4O2. The van der Waals surface area contributed by atoms with Crippen molar-refractivity contribution in [2.45, 2.75) is 19.9 Å². The average molecular weight is 250 g/mol. The third-order valence-electron chi connectivity index (χ3n) is 2.88. The first kappa shape index (κ1) is 12.8. The van der Waals surface area contributed by atoms with E-state index in [1.807, 2.05) is 30.9 Å². The van der Waals surface area contributed by atoms with Crippen molar-refractivity contribution in [1.29, 1.82) is 0 Å². The maximum absolute atomic E-state index is 11.9. The Kier molecular flexibility index (Phi) is 4.09. The second-order valence-corrected chi connectivity index (χ2v) is 4.20. The summed E-state index contributed by atoms with van der Waals surface area (Å²) in [6.45, 7) is 6.21. The fourth-order valence-electron chi connectivity index (χ4n) is 1.97. The number of ether oxygens (including phenoxy) is 1. The summed E-state index contributed by atoms with van der Waals surface area (Å²) in [5, 5.41) is 11.4. The lowest BCUT2D eigenvalue weighted by Crippen LogP contribution is -2.56. The number of carbonyl (C=O) groups excluding carboxylic acids is 1. The number of nitrogens with zero attached hydrogens (tertiary/aromatic N) is 3. The number of rotatable bonds is 3. The SMILES string of the molecule is CCOC(=O)C1CNCCN1c1ccc(C)nn1. The van der Waals surface area contributed by atoms with Crippen LogP contribution in [0.3, 0.4) is 0 Å². The molecule has 6 heteroatoms. The highest BCUT2D eigenvalue weighted by Gasteiger charge is 2.30. The fourth-order valence-corrected chi connectivity index (χ4v) is 1.97. The van der Waals surface area contributed by atoms with E-state index in [1.54, 1.807) is 0 Å². The average Bonchev–Trinajstić information content (AvgIpc) is 2.40. The van der Waals surface area contributed by atoms with Gasteiger partial charge in [0.1, 0.15) is 6.04 Å². The molecule has 18 heavy (non-hydrogen) atoms. The van der Waals surface area contributed by atoms with Crippen molar-refractivity contribution in [3.63, 3.8) is 0 Å². The second-order valence-electron chi connectivity index (χ2n) is 4.20. The van der Waals surface area contributed by atoms with Crippen LogP contribution in [0.5, 0.6) is 0 Å². The van der Waals surface area contributed by atoms with Crippen LogP contribution in [0.2, 0.25) is 0 Å². The smallest absolute Gasteiger partial charge is 0.330 e. The van der Waals surface area contributed by atoms with Gasteiger partial charge in [0.15, 0.2) is 5.82 Å². The Morgan fingerprint density at radius 2 is 2.39 bits per heavy atom. The Labute approximate surface area is 106 Å². The quantitative estimate of drug-likeness (QED) is 0.769. The minimum absolute atomic E-state index is 0.216. The topological polar surface area (TPSA) is 67.3 Å². The summed E-state index contributed by atoms with van der Waals surface area (Å²) >= 11 is 0. The molecule has 1 atom stereocenters. The van der Waals surface area contributed by atoms with Gasteiger partial charge >= 0.3 is 5.97 Å². The Balaban J connectivity index is 2.17. The molecule has 1 aromatic rings. The first-order chi connectivity index (χ1) is 8.72. The van der Waals surface area contributed by atoms with Gasteiger partial charge in [-0.3, -0.25) is 0 Å². The Bertz CT molecular complexity index is 407. The van der Waals surface area contributed by atoms with Gasteiger partial charge in [-0.25, -0.2) is 4.79 Å². The number of hydrogen-bond acceptors (Lipinski definition) is 6. The number of anilines is 1. The van der Waals surface area contributed by atoms with Crippen LogP contribution in [0.25, 0.3) is 0 Å². The van der Waals surface area contributed by atoms with E-state index in [0.717, 1.165) is 24.6 Å². The van der Waals surface area contributed by atoms with Crippen LogP contribution in [0.15, 0.2) is 12.1 Å². The number of nitrogens with one attached hydrogen (secondary N) is 1. The zero-order valence-corrected chi connectivity index (χ0v) is 10.7. The van der Waals surface area contributed by atoms with Gasteiger partial charge < -0.3 is 15.0 Å². The Morgan fingerprint density at radius 3 is 3.06 bits per heavy atom. The molecule has 1 aliphatic heterocycles. The van der Waals surface area contributed by atoms with Crippen LogP contribution in [0.4, 0.5) is 5.82 Å². The lowest BCUT2D eigenvalue weighted by Gasteiger charge is -2.34. The summed E-state index contributed by atoms with van der Waals surface area (Å²) in [6, 6.07) is 3.46. The van der Waals surface area contributed by atoms with Crippen molar-refractivity contribution >= 4 is 11.8 Å².